The van der Waals surface area contributed by atoms with E-state index in [-0.39, 0.29) is 26.7 Å². The molecule has 0 aliphatic rings. The van der Waals surface area contributed by atoms with Crippen LogP contribution in [0.5, 0.6) is 0 Å². The van der Waals surface area contributed by atoms with E-state index in [4.69, 9.17) is 21.8 Å². The lowest BCUT2D eigenvalue weighted by molar-refractivity contribution is 0.0686. The minimum Gasteiger partial charge on any atom is -0.478 e. The van der Waals surface area contributed by atoms with Crippen molar-refractivity contribution in [3.05, 3.63) is 58.6 Å². The molecule has 120 valence electrons. The van der Waals surface area contributed by atoms with Gasteiger partial charge < -0.3 is 10.2 Å². The lowest BCUT2D eigenvalue weighted by Gasteiger charge is -2.10. The standard InChI is InChI=1S/C14H10ClNO6S/c15-12-5-4-10(7-11(12)14(19)20)23(21,22)16-9-3-1-2-8(6-9)13(17)18/h1-7,16H,(H,17,18)(H,19,20). The van der Waals surface area contributed by atoms with E-state index in [2.05, 4.69) is 4.72 Å². The number of anilines is 1. The van der Waals surface area contributed by atoms with E-state index < -0.39 is 22.0 Å². The van der Waals surface area contributed by atoms with Crippen LogP contribution in [0.25, 0.3) is 0 Å². The molecule has 0 aromatic heterocycles. The van der Waals surface area contributed by atoms with Crippen molar-refractivity contribution < 1.29 is 28.2 Å². The van der Waals surface area contributed by atoms with Gasteiger partial charge in [-0.1, -0.05) is 17.7 Å². The molecule has 2 aromatic carbocycles. The quantitative estimate of drug-likeness (QED) is 0.757. The van der Waals surface area contributed by atoms with Crippen molar-refractivity contribution in [1.82, 2.24) is 0 Å². The first-order valence-electron chi connectivity index (χ1n) is 6.10. The maximum atomic E-state index is 12.3. The van der Waals surface area contributed by atoms with Gasteiger partial charge in [-0.3, -0.25) is 4.72 Å². The van der Waals surface area contributed by atoms with E-state index >= 15 is 0 Å². The van der Waals surface area contributed by atoms with E-state index in [0.29, 0.717) is 0 Å². The molecule has 0 saturated heterocycles. The number of carbonyl (C=O) groups is 2. The number of carboxylic acid groups (broad SMARTS) is 2. The van der Waals surface area contributed by atoms with Gasteiger partial charge in [0.1, 0.15) is 0 Å². The van der Waals surface area contributed by atoms with Crippen molar-refractivity contribution in [1.29, 1.82) is 0 Å². The second-order valence-electron chi connectivity index (χ2n) is 4.44. The van der Waals surface area contributed by atoms with Crippen LogP contribution in [0, 0.1) is 0 Å². The van der Waals surface area contributed by atoms with Gasteiger partial charge in [-0.05, 0) is 36.4 Å². The summed E-state index contributed by atoms with van der Waals surface area (Å²) in [5.74, 6) is -2.56. The highest BCUT2D eigenvalue weighted by atomic mass is 35.5. The number of halogens is 1. The molecule has 0 amide bonds. The van der Waals surface area contributed by atoms with Crippen molar-refractivity contribution >= 4 is 39.3 Å². The Morgan fingerprint density at radius 3 is 2.30 bits per heavy atom. The molecule has 3 N–H and O–H groups in total. The molecule has 2 aromatic rings. The van der Waals surface area contributed by atoms with Crippen molar-refractivity contribution in [2.24, 2.45) is 0 Å². The first-order chi connectivity index (χ1) is 10.7. The Morgan fingerprint density at radius 2 is 1.70 bits per heavy atom. The first kappa shape index (κ1) is 16.8. The maximum Gasteiger partial charge on any atom is 0.337 e. The normalized spacial score (nSPS) is 11.0. The number of aromatic carboxylic acids is 2. The average molecular weight is 356 g/mol. The summed E-state index contributed by atoms with van der Waals surface area (Å²) in [6.45, 7) is 0. The number of hydrogen-bond acceptors (Lipinski definition) is 4. The van der Waals surface area contributed by atoms with Crippen molar-refractivity contribution in [2.75, 3.05) is 4.72 Å². The molecular weight excluding hydrogens is 346 g/mol. The van der Waals surface area contributed by atoms with Crippen LogP contribution in [0.3, 0.4) is 0 Å². The molecule has 0 saturated carbocycles. The molecule has 0 heterocycles. The number of nitrogens with one attached hydrogen (secondary N) is 1. The summed E-state index contributed by atoms with van der Waals surface area (Å²) in [5.41, 5.74) is -0.405. The Labute approximate surface area is 136 Å². The lowest BCUT2D eigenvalue weighted by Crippen LogP contribution is -2.14. The molecule has 7 nitrogen and oxygen atoms in total. The molecule has 0 aliphatic carbocycles. The largest absolute Gasteiger partial charge is 0.478 e. The third-order valence-electron chi connectivity index (χ3n) is 2.84. The van der Waals surface area contributed by atoms with E-state index in [1.165, 1.54) is 18.2 Å². The van der Waals surface area contributed by atoms with Crippen LogP contribution in [-0.4, -0.2) is 30.6 Å². The van der Waals surface area contributed by atoms with Crippen LogP contribution in [-0.2, 0) is 10.0 Å². The molecule has 2 rings (SSSR count). The highest BCUT2D eigenvalue weighted by Gasteiger charge is 2.19. The average Bonchev–Trinajstić information content (AvgIpc) is 2.46. The predicted octanol–water partition coefficient (Wildman–Crippen LogP) is 2.54. The number of sulfonamides is 1. The van der Waals surface area contributed by atoms with Gasteiger partial charge in [0.15, 0.2) is 0 Å². The molecule has 0 radical (unpaired) electrons. The molecule has 0 bridgehead atoms. The van der Waals surface area contributed by atoms with Crippen LogP contribution in [0.1, 0.15) is 20.7 Å². The summed E-state index contributed by atoms with van der Waals surface area (Å²) in [5, 5.41) is 17.8. The molecule has 0 aliphatic heterocycles. The number of carboxylic acids is 2. The van der Waals surface area contributed by atoms with Crippen molar-refractivity contribution in [3.8, 4) is 0 Å². The zero-order chi connectivity index (χ0) is 17.2. The maximum absolute atomic E-state index is 12.3. The molecule has 0 spiro atoms. The molecule has 0 unspecified atom stereocenters. The van der Waals surface area contributed by atoms with Gasteiger partial charge in [-0.2, -0.15) is 0 Å². The van der Waals surface area contributed by atoms with Crippen LogP contribution in [0.15, 0.2) is 47.4 Å². The van der Waals surface area contributed by atoms with Gasteiger partial charge >= 0.3 is 11.9 Å². The highest BCUT2D eigenvalue weighted by molar-refractivity contribution is 7.92. The van der Waals surface area contributed by atoms with E-state index in [0.717, 1.165) is 24.3 Å². The van der Waals surface area contributed by atoms with Crippen molar-refractivity contribution in [3.63, 3.8) is 0 Å². The van der Waals surface area contributed by atoms with Crippen LogP contribution >= 0.6 is 11.6 Å². The summed E-state index contributed by atoms with van der Waals surface area (Å²) >= 11 is 5.70. The molecule has 0 atom stereocenters. The van der Waals surface area contributed by atoms with Gasteiger partial charge in [0.25, 0.3) is 10.0 Å². The van der Waals surface area contributed by atoms with E-state index in [1.54, 1.807) is 0 Å². The summed E-state index contributed by atoms with van der Waals surface area (Å²) in [6.07, 6.45) is 0. The minimum absolute atomic E-state index is 0.0386. The SMILES string of the molecule is O=C(O)c1cccc(NS(=O)(=O)c2ccc(Cl)c(C(=O)O)c2)c1. The molecule has 9 heteroatoms. The second-order valence-corrected chi connectivity index (χ2v) is 6.53. The zero-order valence-corrected chi connectivity index (χ0v) is 12.9. The Hall–Kier alpha value is -2.58. The summed E-state index contributed by atoms with van der Waals surface area (Å²) in [6, 6.07) is 8.45. The fourth-order valence-electron chi connectivity index (χ4n) is 1.77. The summed E-state index contributed by atoms with van der Waals surface area (Å²) in [4.78, 5) is 21.6. The van der Waals surface area contributed by atoms with E-state index in [9.17, 15) is 18.0 Å². The predicted molar refractivity (Wildman–Crippen MR) is 82.6 cm³/mol. The summed E-state index contributed by atoms with van der Waals surface area (Å²) in [7, 11) is -4.09. The number of benzene rings is 2. The Morgan fingerprint density at radius 1 is 1.00 bits per heavy atom. The zero-order valence-electron chi connectivity index (χ0n) is 11.4. The smallest absolute Gasteiger partial charge is 0.337 e. The molecular formula is C14H10ClNO6S. The van der Waals surface area contributed by atoms with Gasteiger partial charge in [0.05, 0.1) is 21.0 Å². The topological polar surface area (TPSA) is 121 Å². The highest BCUT2D eigenvalue weighted by Crippen LogP contribution is 2.23. The lowest BCUT2D eigenvalue weighted by atomic mass is 10.2. The van der Waals surface area contributed by atoms with E-state index in [1.807, 2.05) is 0 Å². The van der Waals surface area contributed by atoms with Gasteiger partial charge in [-0.15, -0.1) is 0 Å². The van der Waals surface area contributed by atoms with Gasteiger partial charge in [0.2, 0.25) is 0 Å². The third kappa shape index (κ3) is 3.79. The van der Waals surface area contributed by atoms with Crippen LogP contribution < -0.4 is 4.72 Å². The minimum atomic E-state index is -4.09. The Bertz CT molecular complexity index is 894. The first-order valence-corrected chi connectivity index (χ1v) is 7.96. The van der Waals surface area contributed by atoms with Crippen LogP contribution in [0.2, 0.25) is 5.02 Å². The Balaban J connectivity index is 2.40. The second kappa shape index (κ2) is 6.27. The number of hydrogen-bond donors (Lipinski definition) is 3. The summed E-state index contributed by atoms with van der Waals surface area (Å²) < 4.78 is 26.7. The monoisotopic (exact) mass is 355 g/mol. The van der Waals surface area contributed by atoms with Crippen LogP contribution in [0.4, 0.5) is 5.69 Å². The van der Waals surface area contributed by atoms with Crippen molar-refractivity contribution in [2.45, 2.75) is 4.90 Å². The fraction of sp³-hybridized carbons (Fsp3) is 0. The third-order valence-corrected chi connectivity index (χ3v) is 4.55. The Kier molecular flexibility index (Phi) is 4.57. The number of rotatable bonds is 5. The molecule has 0 fully saturated rings. The fourth-order valence-corrected chi connectivity index (χ4v) is 3.04. The van der Waals surface area contributed by atoms with Gasteiger partial charge in [0, 0.05) is 5.69 Å². The van der Waals surface area contributed by atoms with Gasteiger partial charge in [-0.25, -0.2) is 18.0 Å². The molecule has 23 heavy (non-hydrogen) atoms.